The lowest BCUT2D eigenvalue weighted by molar-refractivity contribution is 0.258. The van der Waals surface area contributed by atoms with Gasteiger partial charge in [0.2, 0.25) is 0 Å². The van der Waals surface area contributed by atoms with Crippen LogP contribution in [0.2, 0.25) is 0 Å². The molecule has 0 radical (unpaired) electrons. The lowest BCUT2D eigenvalue weighted by atomic mass is 9.91. The number of nitrogens with two attached hydrogens (primary N) is 2. The molecule has 0 unspecified atom stereocenters. The Hall–Kier alpha value is -0.120. The normalized spacial score (nSPS) is 13.2. The van der Waals surface area contributed by atoms with E-state index in [1.165, 1.54) is 0 Å². The van der Waals surface area contributed by atoms with E-state index in [4.69, 9.17) is 11.5 Å². The van der Waals surface area contributed by atoms with Gasteiger partial charge in [-0.3, -0.25) is 5.32 Å². The third-order valence-electron chi connectivity index (χ3n) is 1.98. The summed E-state index contributed by atoms with van der Waals surface area (Å²) in [5, 5.41) is 3.07. The fourth-order valence-electron chi connectivity index (χ4n) is 0.596. The molecular formula is C7H19N3. The highest BCUT2D eigenvalue weighted by Crippen LogP contribution is 2.14. The minimum Gasteiger partial charge on any atom is -0.304 e. The maximum atomic E-state index is 5.38. The van der Waals surface area contributed by atoms with Crippen molar-refractivity contribution in [2.24, 2.45) is 17.4 Å². The van der Waals surface area contributed by atoms with E-state index < -0.39 is 6.29 Å². The molecular weight excluding hydrogens is 126 g/mol. The molecule has 0 amide bonds. The maximum Gasteiger partial charge on any atom is 0.107 e. The quantitative estimate of drug-likeness (QED) is 0.497. The second-order valence-corrected chi connectivity index (χ2v) is 3.55. The molecule has 0 atom stereocenters. The van der Waals surface area contributed by atoms with E-state index in [2.05, 4.69) is 33.0 Å². The summed E-state index contributed by atoms with van der Waals surface area (Å²) in [6, 6.07) is 0. The number of rotatable bonds is 3. The van der Waals surface area contributed by atoms with Crippen molar-refractivity contribution in [3.8, 4) is 0 Å². The van der Waals surface area contributed by atoms with Crippen LogP contribution in [-0.2, 0) is 0 Å². The Kier molecular flexibility index (Phi) is 3.28. The van der Waals surface area contributed by atoms with Crippen LogP contribution < -0.4 is 16.8 Å². The molecule has 0 aliphatic rings. The van der Waals surface area contributed by atoms with Crippen molar-refractivity contribution in [1.82, 2.24) is 5.32 Å². The topological polar surface area (TPSA) is 64.1 Å². The Morgan fingerprint density at radius 1 is 1.20 bits per heavy atom. The molecule has 0 heterocycles. The number of nitrogens with one attached hydrogen (secondary N) is 1. The van der Waals surface area contributed by atoms with Crippen molar-refractivity contribution in [2.45, 2.75) is 39.5 Å². The predicted molar refractivity (Wildman–Crippen MR) is 44.2 cm³/mol. The van der Waals surface area contributed by atoms with Crippen LogP contribution in [0.1, 0.15) is 27.7 Å². The summed E-state index contributed by atoms with van der Waals surface area (Å²) in [6.07, 6.45) is -0.419. The summed E-state index contributed by atoms with van der Waals surface area (Å²) in [6.45, 7) is 8.44. The van der Waals surface area contributed by atoms with Crippen molar-refractivity contribution >= 4 is 0 Å². The van der Waals surface area contributed by atoms with Crippen LogP contribution in [0.25, 0.3) is 0 Å². The van der Waals surface area contributed by atoms with Crippen molar-refractivity contribution in [3.63, 3.8) is 0 Å². The van der Waals surface area contributed by atoms with Gasteiger partial charge >= 0.3 is 0 Å². The molecule has 0 bridgehead atoms. The summed E-state index contributed by atoms with van der Waals surface area (Å²) >= 11 is 0. The Labute approximate surface area is 63.2 Å². The predicted octanol–water partition coefficient (Wildman–Crippen LogP) is 0.212. The summed E-state index contributed by atoms with van der Waals surface area (Å²) in [7, 11) is 0. The standard InChI is InChI=1S/C7H19N3/c1-5(2)7(3,4)10-6(8)9/h5-6,10H,8-9H2,1-4H3. The Bertz CT molecular complexity index is 97.0. The van der Waals surface area contributed by atoms with Gasteiger partial charge in [0.1, 0.15) is 6.29 Å². The molecule has 3 heteroatoms. The van der Waals surface area contributed by atoms with Crippen molar-refractivity contribution < 1.29 is 0 Å². The second kappa shape index (κ2) is 3.32. The third kappa shape index (κ3) is 3.15. The molecule has 62 valence electrons. The first kappa shape index (κ1) is 9.88. The van der Waals surface area contributed by atoms with E-state index in [1.54, 1.807) is 0 Å². The van der Waals surface area contributed by atoms with Gasteiger partial charge < -0.3 is 11.5 Å². The van der Waals surface area contributed by atoms with Gasteiger partial charge in [-0.1, -0.05) is 13.8 Å². The summed E-state index contributed by atoms with van der Waals surface area (Å²) in [5.41, 5.74) is 10.8. The summed E-state index contributed by atoms with van der Waals surface area (Å²) < 4.78 is 0. The molecule has 0 aromatic carbocycles. The Morgan fingerprint density at radius 3 is 1.70 bits per heavy atom. The smallest absolute Gasteiger partial charge is 0.107 e. The Balaban J connectivity index is 3.87. The number of hydrogen-bond acceptors (Lipinski definition) is 3. The van der Waals surface area contributed by atoms with Gasteiger partial charge in [0.25, 0.3) is 0 Å². The van der Waals surface area contributed by atoms with Crippen LogP contribution in [0, 0.1) is 5.92 Å². The minimum absolute atomic E-state index is 0.0220. The van der Waals surface area contributed by atoms with Crippen molar-refractivity contribution in [3.05, 3.63) is 0 Å². The SMILES string of the molecule is CC(C)C(C)(C)NC(N)N. The van der Waals surface area contributed by atoms with E-state index in [-0.39, 0.29) is 5.54 Å². The Morgan fingerprint density at radius 2 is 1.60 bits per heavy atom. The highest BCUT2D eigenvalue weighted by Gasteiger charge is 2.22. The zero-order valence-corrected chi connectivity index (χ0v) is 7.31. The molecule has 10 heavy (non-hydrogen) atoms. The van der Waals surface area contributed by atoms with Gasteiger partial charge in [-0.15, -0.1) is 0 Å². The molecule has 0 saturated carbocycles. The van der Waals surface area contributed by atoms with E-state index in [0.717, 1.165) is 0 Å². The molecule has 0 aliphatic carbocycles. The van der Waals surface area contributed by atoms with Crippen LogP contribution in [0.3, 0.4) is 0 Å². The maximum absolute atomic E-state index is 5.38. The highest BCUT2D eigenvalue weighted by molar-refractivity contribution is 4.81. The third-order valence-corrected chi connectivity index (χ3v) is 1.98. The molecule has 0 aromatic heterocycles. The minimum atomic E-state index is -0.419. The first-order chi connectivity index (χ1) is 4.36. The van der Waals surface area contributed by atoms with Crippen LogP contribution in [0.5, 0.6) is 0 Å². The monoisotopic (exact) mass is 145 g/mol. The van der Waals surface area contributed by atoms with Gasteiger partial charge in [-0.05, 0) is 19.8 Å². The van der Waals surface area contributed by atoms with Crippen molar-refractivity contribution in [2.75, 3.05) is 0 Å². The fraction of sp³-hybridized carbons (Fsp3) is 1.00. The van der Waals surface area contributed by atoms with Crippen LogP contribution in [-0.4, -0.2) is 11.8 Å². The summed E-state index contributed by atoms with van der Waals surface area (Å²) in [4.78, 5) is 0. The van der Waals surface area contributed by atoms with Crippen molar-refractivity contribution in [1.29, 1.82) is 0 Å². The fourth-order valence-corrected chi connectivity index (χ4v) is 0.596. The first-order valence-corrected chi connectivity index (χ1v) is 3.65. The average molecular weight is 145 g/mol. The zero-order valence-electron chi connectivity index (χ0n) is 7.31. The van der Waals surface area contributed by atoms with Crippen LogP contribution in [0.4, 0.5) is 0 Å². The molecule has 0 spiro atoms. The molecule has 0 rings (SSSR count). The lowest BCUT2D eigenvalue weighted by Gasteiger charge is -2.32. The van der Waals surface area contributed by atoms with Gasteiger partial charge in [-0.2, -0.15) is 0 Å². The molecule has 0 saturated heterocycles. The van der Waals surface area contributed by atoms with Gasteiger partial charge in [0.05, 0.1) is 0 Å². The lowest BCUT2D eigenvalue weighted by Crippen LogP contribution is -2.57. The van der Waals surface area contributed by atoms with E-state index in [1.807, 2.05) is 0 Å². The second-order valence-electron chi connectivity index (χ2n) is 3.55. The average Bonchev–Trinajstić information content (AvgIpc) is 1.60. The van der Waals surface area contributed by atoms with Gasteiger partial charge in [0, 0.05) is 5.54 Å². The van der Waals surface area contributed by atoms with Gasteiger partial charge in [-0.25, -0.2) is 0 Å². The van der Waals surface area contributed by atoms with Gasteiger partial charge in [0.15, 0.2) is 0 Å². The molecule has 3 nitrogen and oxygen atoms in total. The molecule has 0 aromatic rings. The largest absolute Gasteiger partial charge is 0.304 e. The van der Waals surface area contributed by atoms with E-state index in [9.17, 15) is 0 Å². The zero-order chi connectivity index (χ0) is 8.36. The first-order valence-electron chi connectivity index (χ1n) is 3.65. The van der Waals surface area contributed by atoms with E-state index >= 15 is 0 Å². The molecule has 0 aliphatic heterocycles. The van der Waals surface area contributed by atoms with Crippen LogP contribution in [0.15, 0.2) is 0 Å². The van der Waals surface area contributed by atoms with Crippen LogP contribution >= 0.6 is 0 Å². The number of hydrogen-bond donors (Lipinski definition) is 3. The molecule has 5 N–H and O–H groups in total. The summed E-state index contributed by atoms with van der Waals surface area (Å²) in [5.74, 6) is 0.530. The van der Waals surface area contributed by atoms with E-state index in [0.29, 0.717) is 5.92 Å². The molecule has 0 fully saturated rings. The highest BCUT2D eigenvalue weighted by atomic mass is 15.2.